The Hall–Kier alpha value is -3.33. The van der Waals surface area contributed by atoms with E-state index in [4.69, 9.17) is 5.14 Å². The molecule has 0 spiro atoms. The maximum absolute atomic E-state index is 13.6. The van der Waals surface area contributed by atoms with Crippen LogP contribution in [0, 0.1) is 11.7 Å². The van der Waals surface area contributed by atoms with Crippen molar-refractivity contribution < 1.29 is 27.2 Å². The number of hydrogen-bond donors (Lipinski definition) is 3. The number of aromatic nitrogens is 1. The Kier molecular flexibility index (Phi) is 6.06. The van der Waals surface area contributed by atoms with Gasteiger partial charge in [-0.2, -0.15) is 0 Å². The molecule has 4 N–H and O–H groups in total. The van der Waals surface area contributed by atoms with Gasteiger partial charge in [0.15, 0.2) is 0 Å². The van der Waals surface area contributed by atoms with Gasteiger partial charge in [0, 0.05) is 16.5 Å². The van der Waals surface area contributed by atoms with Gasteiger partial charge in [-0.15, -0.1) is 0 Å². The van der Waals surface area contributed by atoms with Crippen molar-refractivity contribution in [3.05, 3.63) is 74.5 Å². The van der Waals surface area contributed by atoms with Crippen molar-refractivity contribution in [1.82, 2.24) is 9.88 Å². The number of carbonyl (C=O) groups excluding carboxylic acids is 3. The lowest BCUT2D eigenvalue weighted by Crippen LogP contribution is -2.32. The summed E-state index contributed by atoms with van der Waals surface area (Å²) in [5.41, 5.74) is 0.868. The molecule has 3 amide bonds. The monoisotopic (exact) mass is 548 g/mol. The first-order valence-corrected chi connectivity index (χ1v) is 13.7. The van der Waals surface area contributed by atoms with Crippen LogP contribution in [0.2, 0.25) is 0 Å². The Morgan fingerprint density at radius 2 is 1.72 bits per heavy atom. The number of thiazole rings is 1. The van der Waals surface area contributed by atoms with Gasteiger partial charge >= 0.3 is 4.87 Å². The quantitative estimate of drug-likeness (QED) is 0.405. The highest BCUT2D eigenvalue weighted by Crippen LogP contribution is 2.51. The summed E-state index contributed by atoms with van der Waals surface area (Å²) < 4.78 is 37.6. The van der Waals surface area contributed by atoms with Gasteiger partial charge in [-0.05, 0) is 42.0 Å². The largest absolute Gasteiger partial charge is 0.325 e. The van der Waals surface area contributed by atoms with Crippen molar-refractivity contribution >= 4 is 56.5 Å². The Morgan fingerprint density at radius 1 is 1.06 bits per heavy atom. The second-order valence-corrected chi connectivity index (χ2v) is 11.9. The van der Waals surface area contributed by atoms with Crippen molar-refractivity contribution in [2.24, 2.45) is 11.1 Å². The van der Waals surface area contributed by atoms with E-state index in [1.807, 2.05) is 0 Å². The molecule has 36 heavy (non-hydrogen) atoms. The predicted octanol–water partition coefficient (Wildman–Crippen LogP) is 1.21. The Bertz CT molecular complexity index is 1560. The molecule has 3 heterocycles. The van der Waals surface area contributed by atoms with Crippen LogP contribution in [0.15, 0.2) is 63.2 Å². The molecule has 3 atom stereocenters. The topological polar surface area (TPSA) is 157 Å². The lowest BCUT2D eigenvalue weighted by molar-refractivity contribution is -0.126. The Labute approximate surface area is 211 Å². The van der Waals surface area contributed by atoms with Gasteiger partial charge in [-0.1, -0.05) is 35.2 Å². The van der Waals surface area contributed by atoms with Gasteiger partial charge in [-0.3, -0.25) is 29.1 Å². The van der Waals surface area contributed by atoms with Crippen LogP contribution in [0.4, 0.5) is 10.1 Å². The highest BCUT2D eigenvalue weighted by molar-refractivity contribution is 8.00. The number of nitrogens with zero attached hydrogens (tertiary/aromatic N) is 1. The molecule has 2 aliphatic rings. The van der Waals surface area contributed by atoms with E-state index in [2.05, 4.69) is 10.6 Å². The van der Waals surface area contributed by atoms with E-state index in [0.717, 1.165) is 23.1 Å². The number of benzene rings is 2. The van der Waals surface area contributed by atoms with Crippen LogP contribution >= 0.6 is 23.1 Å². The SMILES string of the molecule is NS(=O)(=O)c1ccc(NC(=O)Cn2c3c(sc2=O)C(c2ccc(F)cc2)C2C(=O)NC(=O)C2S3)cc1. The predicted molar refractivity (Wildman–Crippen MR) is 130 cm³/mol. The number of carbonyl (C=O) groups is 3. The number of amides is 3. The van der Waals surface area contributed by atoms with Crippen molar-refractivity contribution in [3.63, 3.8) is 0 Å². The first-order valence-electron chi connectivity index (χ1n) is 10.5. The lowest BCUT2D eigenvalue weighted by Gasteiger charge is -2.30. The van der Waals surface area contributed by atoms with Gasteiger partial charge < -0.3 is 5.32 Å². The number of anilines is 1. The molecule has 2 aromatic carbocycles. The molecule has 10 nitrogen and oxygen atoms in total. The molecular formula is C22H17FN4O6S3. The van der Waals surface area contributed by atoms with Crippen LogP contribution in [0.3, 0.4) is 0 Å². The minimum Gasteiger partial charge on any atom is -0.325 e. The van der Waals surface area contributed by atoms with E-state index in [-0.39, 0.29) is 11.4 Å². The molecule has 14 heteroatoms. The molecule has 1 aromatic heterocycles. The summed E-state index contributed by atoms with van der Waals surface area (Å²) in [5, 5.41) is 9.58. The van der Waals surface area contributed by atoms with E-state index in [1.54, 1.807) is 0 Å². The highest BCUT2D eigenvalue weighted by atomic mass is 32.2. The van der Waals surface area contributed by atoms with Crippen molar-refractivity contribution in [2.75, 3.05) is 5.32 Å². The van der Waals surface area contributed by atoms with E-state index in [0.29, 0.717) is 21.2 Å². The first kappa shape index (κ1) is 24.4. The van der Waals surface area contributed by atoms with Gasteiger partial charge in [0.05, 0.1) is 15.8 Å². The zero-order valence-electron chi connectivity index (χ0n) is 18.1. The summed E-state index contributed by atoms with van der Waals surface area (Å²) in [6.07, 6.45) is 0. The lowest BCUT2D eigenvalue weighted by atomic mass is 9.83. The molecule has 0 bridgehead atoms. The van der Waals surface area contributed by atoms with Crippen LogP contribution in [-0.4, -0.2) is 36.0 Å². The molecule has 0 radical (unpaired) electrons. The van der Waals surface area contributed by atoms with Crippen molar-refractivity contribution in [2.45, 2.75) is 27.6 Å². The average Bonchev–Trinajstić information content (AvgIpc) is 3.28. The van der Waals surface area contributed by atoms with E-state index >= 15 is 0 Å². The summed E-state index contributed by atoms with van der Waals surface area (Å²) in [6, 6.07) is 10.7. The van der Waals surface area contributed by atoms with Crippen LogP contribution in [-0.2, 0) is 31.0 Å². The fraction of sp³-hybridized carbons (Fsp3) is 0.182. The second-order valence-electron chi connectivity index (χ2n) is 8.19. The summed E-state index contributed by atoms with van der Waals surface area (Å²) in [7, 11) is -3.89. The van der Waals surface area contributed by atoms with Crippen molar-refractivity contribution in [3.8, 4) is 0 Å². The number of thioether (sulfide) groups is 1. The highest BCUT2D eigenvalue weighted by Gasteiger charge is 2.52. The van der Waals surface area contributed by atoms with Crippen LogP contribution in [0.1, 0.15) is 16.4 Å². The molecule has 1 saturated heterocycles. The Morgan fingerprint density at radius 3 is 2.36 bits per heavy atom. The number of sulfonamides is 1. The molecule has 186 valence electrons. The zero-order valence-corrected chi connectivity index (χ0v) is 20.6. The number of nitrogens with two attached hydrogens (primary N) is 1. The molecule has 2 aliphatic heterocycles. The summed E-state index contributed by atoms with van der Waals surface area (Å²) in [6.45, 7) is -0.377. The molecule has 0 aliphatic carbocycles. The number of fused-ring (bicyclic) bond motifs is 2. The third kappa shape index (κ3) is 4.36. The molecule has 3 aromatic rings. The third-order valence-corrected chi connectivity index (χ3v) is 9.43. The number of rotatable bonds is 5. The van der Waals surface area contributed by atoms with Crippen LogP contribution < -0.4 is 20.6 Å². The number of primary sulfonamides is 1. The van der Waals surface area contributed by atoms with E-state index in [9.17, 15) is 32.0 Å². The second kappa shape index (κ2) is 8.96. The molecular weight excluding hydrogens is 531 g/mol. The third-order valence-electron chi connectivity index (χ3n) is 5.88. The standard InChI is InChI=1S/C22H17FN4O6S3/c23-11-3-1-10(2-4-11)15-16-17(20(30)26-19(16)29)34-21-18(15)35-22(31)27(21)9-14(28)25-12-5-7-13(8-6-12)36(24,32)33/h1-8,15-17H,9H2,(H,25,28)(H2,24,32,33)(H,26,29,30). The number of hydrogen-bond acceptors (Lipinski definition) is 8. The van der Waals surface area contributed by atoms with Crippen molar-refractivity contribution in [1.29, 1.82) is 0 Å². The van der Waals surface area contributed by atoms with Crippen LogP contribution in [0.5, 0.6) is 0 Å². The smallest absolute Gasteiger partial charge is 0.308 e. The number of nitrogens with one attached hydrogen (secondary N) is 2. The minimum absolute atomic E-state index is 0.120. The van der Waals surface area contributed by atoms with Gasteiger partial charge in [0.2, 0.25) is 27.7 Å². The average molecular weight is 549 g/mol. The maximum atomic E-state index is 13.6. The minimum atomic E-state index is -3.89. The number of imide groups is 1. The van der Waals surface area contributed by atoms with E-state index < -0.39 is 55.5 Å². The van der Waals surface area contributed by atoms with Gasteiger partial charge in [-0.25, -0.2) is 17.9 Å². The molecule has 0 saturated carbocycles. The fourth-order valence-electron chi connectivity index (χ4n) is 4.28. The zero-order chi connectivity index (χ0) is 25.8. The molecule has 1 fully saturated rings. The molecule has 3 unspecified atom stereocenters. The summed E-state index contributed by atoms with van der Waals surface area (Å²) in [5.74, 6) is -3.42. The normalized spacial score (nSPS) is 21.0. The summed E-state index contributed by atoms with van der Waals surface area (Å²) in [4.78, 5) is 50.8. The van der Waals surface area contributed by atoms with E-state index in [1.165, 1.54) is 53.1 Å². The first-order chi connectivity index (χ1) is 17.0. The molecule has 5 rings (SSSR count). The summed E-state index contributed by atoms with van der Waals surface area (Å²) >= 11 is 1.92. The van der Waals surface area contributed by atoms with Gasteiger partial charge in [0.1, 0.15) is 17.6 Å². The van der Waals surface area contributed by atoms with Crippen LogP contribution in [0.25, 0.3) is 0 Å². The Balaban J connectivity index is 1.47. The maximum Gasteiger partial charge on any atom is 0.308 e. The van der Waals surface area contributed by atoms with Gasteiger partial charge in [0.25, 0.3) is 0 Å². The number of halogens is 1. The fourth-order valence-corrected chi connectivity index (χ4v) is 7.53.